The van der Waals surface area contributed by atoms with Gasteiger partial charge in [-0.15, -0.1) is 0 Å². The van der Waals surface area contributed by atoms with Crippen molar-refractivity contribution < 1.29 is 4.79 Å². The predicted molar refractivity (Wildman–Crippen MR) is 127 cm³/mol. The molecule has 1 unspecified atom stereocenters. The molecule has 32 heavy (non-hydrogen) atoms. The average molecular weight is 436 g/mol. The molecule has 1 amide bonds. The molecule has 1 atom stereocenters. The van der Waals surface area contributed by atoms with E-state index in [-0.39, 0.29) is 24.1 Å². The molecular formula is C25H33N5O2. The molecule has 0 saturated heterocycles. The van der Waals surface area contributed by atoms with Crippen molar-refractivity contribution in [1.29, 1.82) is 5.26 Å². The first-order valence-corrected chi connectivity index (χ1v) is 11.2. The number of nitrogens with one attached hydrogen (secondary N) is 3. The Hall–Kier alpha value is -3.11. The van der Waals surface area contributed by atoms with Gasteiger partial charge in [-0.05, 0) is 88.6 Å². The van der Waals surface area contributed by atoms with Crippen LogP contribution in [0, 0.1) is 38.0 Å². The third kappa shape index (κ3) is 5.38. The van der Waals surface area contributed by atoms with Crippen LogP contribution in [0.2, 0.25) is 0 Å². The summed E-state index contributed by atoms with van der Waals surface area (Å²) in [5.41, 5.74) is 10.4. The van der Waals surface area contributed by atoms with Crippen molar-refractivity contribution in [3.8, 4) is 6.07 Å². The van der Waals surface area contributed by atoms with Gasteiger partial charge in [0.2, 0.25) is 0 Å². The highest BCUT2D eigenvalue weighted by molar-refractivity contribution is 5.97. The number of pyridine rings is 1. The third-order valence-electron chi connectivity index (χ3n) is 6.61. The van der Waals surface area contributed by atoms with Crippen LogP contribution in [-0.2, 0) is 6.54 Å². The normalized spacial score (nSPS) is 19.1. The van der Waals surface area contributed by atoms with Crippen LogP contribution in [0.1, 0.15) is 70.9 Å². The average Bonchev–Trinajstić information content (AvgIpc) is 2.74. The van der Waals surface area contributed by atoms with Crippen LogP contribution in [0.4, 0.5) is 5.69 Å². The lowest BCUT2D eigenvalue weighted by molar-refractivity contribution is 0.0950. The fourth-order valence-corrected chi connectivity index (χ4v) is 4.54. The lowest BCUT2D eigenvalue weighted by Crippen LogP contribution is -2.34. The molecular weight excluding hydrogens is 402 g/mol. The number of anilines is 1. The zero-order chi connectivity index (χ0) is 23.4. The van der Waals surface area contributed by atoms with Gasteiger partial charge < -0.3 is 21.4 Å². The summed E-state index contributed by atoms with van der Waals surface area (Å²) in [6, 6.07) is 7.94. The first kappa shape index (κ1) is 23.6. The third-order valence-corrected chi connectivity index (χ3v) is 6.61. The van der Waals surface area contributed by atoms with Gasteiger partial charge in [-0.1, -0.05) is 0 Å². The molecule has 1 fully saturated rings. The van der Waals surface area contributed by atoms with Crippen LogP contribution in [0.25, 0.3) is 0 Å². The van der Waals surface area contributed by atoms with Crippen molar-refractivity contribution in [1.82, 2.24) is 10.3 Å². The van der Waals surface area contributed by atoms with E-state index in [1.807, 2.05) is 26.8 Å². The van der Waals surface area contributed by atoms with Crippen LogP contribution in [-0.4, -0.2) is 23.0 Å². The maximum absolute atomic E-state index is 13.0. The summed E-state index contributed by atoms with van der Waals surface area (Å²) in [6.07, 6.45) is 4.20. The van der Waals surface area contributed by atoms with Gasteiger partial charge in [0.25, 0.3) is 11.5 Å². The van der Waals surface area contributed by atoms with E-state index in [0.29, 0.717) is 28.7 Å². The fourth-order valence-electron chi connectivity index (χ4n) is 4.54. The van der Waals surface area contributed by atoms with Crippen molar-refractivity contribution in [2.45, 2.75) is 72.0 Å². The number of carbonyl (C=O) groups is 1. The van der Waals surface area contributed by atoms with Crippen molar-refractivity contribution >= 4 is 11.6 Å². The largest absolute Gasteiger partial charge is 0.382 e. The van der Waals surface area contributed by atoms with Gasteiger partial charge in [0, 0.05) is 41.1 Å². The smallest absolute Gasteiger partial charge is 0.253 e. The number of carbonyl (C=O) groups excluding carboxylic acids is 1. The summed E-state index contributed by atoms with van der Waals surface area (Å²) in [5, 5.41) is 15.9. The molecule has 170 valence electrons. The second-order valence-electron chi connectivity index (χ2n) is 9.04. The highest BCUT2D eigenvalue weighted by Gasteiger charge is 2.24. The van der Waals surface area contributed by atoms with E-state index in [2.05, 4.69) is 28.6 Å². The van der Waals surface area contributed by atoms with Crippen LogP contribution in [0.5, 0.6) is 0 Å². The summed E-state index contributed by atoms with van der Waals surface area (Å²) in [4.78, 5) is 28.0. The Labute approximate surface area is 189 Å². The molecule has 2 aromatic rings. The number of aromatic nitrogens is 1. The van der Waals surface area contributed by atoms with E-state index in [9.17, 15) is 14.9 Å². The molecule has 1 aromatic carbocycles. The molecule has 0 aliphatic heterocycles. The molecule has 7 nitrogen and oxygen atoms in total. The number of H-pyrrole nitrogens is 1. The predicted octanol–water partition coefficient (Wildman–Crippen LogP) is 3.42. The number of benzene rings is 1. The number of hydrogen-bond acceptors (Lipinski definition) is 5. The Morgan fingerprint density at radius 3 is 2.53 bits per heavy atom. The summed E-state index contributed by atoms with van der Waals surface area (Å²) >= 11 is 0. The van der Waals surface area contributed by atoms with Gasteiger partial charge in [0.05, 0.1) is 11.6 Å². The summed E-state index contributed by atoms with van der Waals surface area (Å²) < 4.78 is 0. The molecule has 0 radical (unpaired) electrons. The number of hydrogen-bond donors (Lipinski definition) is 4. The summed E-state index contributed by atoms with van der Waals surface area (Å²) in [6.45, 7) is 7.83. The maximum Gasteiger partial charge on any atom is 0.253 e. The Kier molecular flexibility index (Phi) is 7.37. The minimum atomic E-state index is -0.307. The Balaban J connectivity index is 1.79. The second kappa shape index (κ2) is 10.0. The quantitative estimate of drug-likeness (QED) is 0.553. The van der Waals surface area contributed by atoms with E-state index >= 15 is 0 Å². The van der Waals surface area contributed by atoms with Crippen molar-refractivity contribution in [3.63, 3.8) is 0 Å². The highest BCUT2D eigenvalue weighted by Crippen LogP contribution is 2.30. The second-order valence-corrected chi connectivity index (χ2v) is 9.04. The van der Waals surface area contributed by atoms with E-state index in [4.69, 9.17) is 5.73 Å². The summed E-state index contributed by atoms with van der Waals surface area (Å²) in [5.74, 6) is 0.201. The maximum atomic E-state index is 13.0. The van der Waals surface area contributed by atoms with E-state index in [0.717, 1.165) is 48.2 Å². The molecule has 1 aliphatic rings. The first-order valence-electron chi connectivity index (χ1n) is 11.2. The molecule has 1 heterocycles. The molecule has 3 rings (SSSR count). The summed E-state index contributed by atoms with van der Waals surface area (Å²) in [7, 11) is 0. The monoisotopic (exact) mass is 435 g/mol. The number of nitrogens with two attached hydrogens (primary N) is 1. The zero-order valence-electron chi connectivity index (χ0n) is 19.3. The van der Waals surface area contributed by atoms with Crippen molar-refractivity contribution in [2.75, 3.05) is 5.32 Å². The zero-order valence-corrected chi connectivity index (χ0v) is 19.3. The van der Waals surface area contributed by atoms with Gasteiger partial charge in [-0.2, -0.15) is 5.26 Å². The number of amides is 1. The van der Waals surface area contributed by atoms with E-state index < -0.39 is 0 Å². The van der Waals surface area contributed by atoms with Crippen molar-refractivity contribution in [2.24, 2.45) is 11.7 Å². The Morgan fingerprint density at radius 2 is 1.91 bits per heavy atom. The number of nitriles is 1. The first-order chi connectivity index (χ1) is 15.2. The number of aryl methyl sites for hydroxylation is 2. The standard InChI is InChI=1S/C25H33N5O2/c1-14-9-15(2)29-25(32)22(14)13-28-24(31)21-10-18(12-26)11-23(16(21)3)30-17(4)19-5-7-20(27)8-6-19/h9-11,17,19-20,30H,5-8,13,27H2,1-4H3,(H,28,31)(H,29,32). The van der Waals surface area contributed by atoms with Crippen LogP contribution in [0.3, 0.4) is 0 Å². The topological polar surface area (TPSA) is 124 Å². The minimum absolute atomic E-state index is 0.123. The molecule has 0 spiro atoms. The van der Waals surface area contributed by atoms with Crippen LogP contribution < -0.4 is 21.9 Å². The van der Waals surface area contributed by atoms with Gasteiger partial charge >= 0.3 is 0 Å². The van der Waals surface area contributed by atoms with Crippen molar-refractivity contribution in [3.05, 3.63) is 62.1 Å². The Bertz CT molecular complexity index is 1090. The molecule has 1 aromatic heterocycles. The van der Waals surface area contributed by atoms with E-state index in [1.165, 1.54) is 0 Å². The van der Waals surface area contributed by atoms with Gasteiger partial charge in [-0.25, -0.2) is 0 Å². The fraction of sp³-hybridized carbons (Fsp3) is 0.480. The van der Waals surface area contributed by atoms with E-state index in [1.54, 1.807) is 12.1 Å². The van der Waals surface area contributed by atoms with Gasteiger partial charge in [0.1, 0.15) is 0 Å². The number of rotatable bonds is 6. The number of nitrogens with zero attached hydrogens (tertiary/aromatic N) is 1. The SMILES string of the molecule is Cc1cc(C)c(CNC(=O)c2cc(C#N)cc(NC(C)C3CCC(N)CC3)c2C)c(=O)[nH]1. The van der Waals surface area contributed by atoms with Gasteiger partial charge in [0.15, 0.2) is 0 Å². The molecule has 7 heteroatoms. The number of aromatic amines is 1. The Morgan fingerprint density at radius 1 is 1.22 bits per heavy atom. The van der Waals surface area contributed by atoms with Crippen LogP contribution >= 0.6 is 0 Å². The highest BCUT2D eigenvalue weighted by atomic mass is 16.1. The lowest BCUT2D eigenvalue weighted by Gasteiger charge is -2.32. The molecule has 0 bridgehead atoms. The molecule has 1 saturated carbocycles. The van der Waals surface area contributed by atoms with Gasteiger partial charge in [-0.3, -0.25) is 9.59 Å². The minimum Gasteiger partial charge on any atom is -0.382 e. The van der Waals surface area contributed by atoms with Crippen LogP contribution in [0.15, 0.2) is 23.0 Å². The molecule has 5 N–H and O–H groups in total. The lowest BCUT2D eigenvalue weighted by atomic mass is 9.82. The molecule has 1 aliphatic carbocycles.